The molecule has 35 heavy (non-hydrogen) atoms. The van der Waals surface area contributed by atoms with Crippen LogP contribution in [0.25, 0.3) is 22.6 Å². The molecule has 180 valence electrons. The van der Waals surface area contributed by atoms with Crippen molar-refractivity contribution in [3.05, 3.63) is 72.1 Å². The van der Waals surface area contributed by atoms with Gasteiger partial charge in [0.2, 0.25) is 5.91 Å². The van der Waals surface area contributed by atoms with Crippen molar-refractivity contribution in [2.24, 2.45) is 5.73 Å². The first-order valence-electron chi connectivity index (χ1n) is 12.2. The van der Waals surface area contributed by atoms with E-state index in [1.807, 2.05) is 12.1 Å². The molecule has 0 unspecified atom stereocenters. The topological polar surface area (TPSA) is 102 Å². The highest BCUT2D eigenvalue weighted by Crippen LogP contribution is 2.31. The van der Waals surface area contributed by atoms with Crippen LogP contribution in [0.5, 0.6) is 0 Å². The van der Waals surface area contributed by atoms with Gasteiger partial charge in [-0.3, -0.25) is 9.69 Å². The van der Waals surface area contributed by atoms with E-state index in [1.54, 1.807) is 18.5 Å². The van der Waals surface area contributed by atoms with Gasteiger partial charge < -0.3 is 15.6 Å². The van der Waals surface area contributed by atoms with Gasteiger partial charge >= 0.3 is 0 Å². The number of anilines is 1. The summed E-state index contributed by atoms with van der Waals surface area (Å²) in [5.41, 5.74) is 9.71. The molecule has 0 aliphatic carbocycles. The Hall–Kier alpha value is -3.78. The number of rotatable bonds is 7. The van der Waals surface area contributed by atoms with Crippen LogP contribution in [0, 0.1) is 0 Å². The molecular formula is C27H31N7O. The van der Waals surface area contributed by atoms with Gasteiger partial charge in [-0.1, -0.05) is 42.5 Å². The van der Waals surface area contributed by atoms with E-state index in [1.165, 1.54) is 5.56 Å². The number of imidazole rings is 1. The molecule has 4 aromatic rings. The molecule has 5 rings (SSSR count). The molecule has 0 atom stereocenters. The number of primary amides is 1. The Morgan fingerprint density at radius 3 is 2.43 bits per heavy atom. The van der Waals surface area contributed by atoms with Gasteiger partial charge in [-0.05, 0) is 44.4 Å². The summed E-state index contributed by atoms with van der Waals surface area (Å²) in [6, 6.07) is 18.3. The Morgan fingerprint density at radius 1 is 1.06 bits per heavy atom. The van der Waals surface area contributed by atoms with Crippen LogP contribution in [-0.2, 0) is 6.54 Å². The molecule has 1 fully saturated rings. The number of nitrogens with one attached hydrogen (secondary N) is 1. The molecule has 3 heterocycles. The normalized spacial score (nSPS) is 15.1. The van der Waals surface area contributed by atoms with Crippen molar-refractivity contribution >= 4 is 22.9 Å². The number of hydrogen-bond donors (Lipinski definition) is 2. The number of benzene rings is 2. The lowest BCUT2D eigenvalue weighted by Gasteiger charge is -2.32. The van der Waals surface area contributed by atoms with E-state index in [-0.39, 0.29) is 6.04 Å². The number of fused-ring (bicyclic) bond motifs is 1. The monoisotopic (exact) mass is 469 g/mol. The fourth-order valence-electron chi connectivity index (χ4n) is 4.76. The van der Waals surface area contributed by atoms with Gasteiger partial charge in [0.1, 0.15) is 12.2 Å². The van der Waals surface area contributed by atoms with Gasteiger partial charge in [0.05, 0.1) is 0 Å². The van der Waals surface area contributed by atoms with E-state index in [0.717, 1.165) is 60.8 Å². The van der Waals surface area contributed by atoms with Crippen LogP contribution in [0.15, 0.2) is 60.9 Å². The van der Waals surface area contributed by atoms with Crippen LogP contribution >= 0.6 is 0 Å². The number of aromatic nitrogens is 4. The molecule has 8 heteroatoms. The van der Waals surface area contributed by atoms with E-state index >= 15 is 0 Å². The Bertz CT molecular complexity index is 1310. The average Bonchev–Trinajstić information content (AvgIpc) is 3.27. The molecule has 0 spiro atoms. The summed E-state index contributed by atoms with van der Waals surface area (Å²) in [5, 5.41) is 3.65. The van der Waals surface area contributed by atoms with Crippen molar-refractivity contribution in [3.8, 4) is 11.4 Å². The number of likely N-dealkylation sites (tertiary alicyclic amines) is 1. The summed E-state index contributed by atoms with van der Waals surface area (Å²) in [6.07, 6.45) is 3.70. The maximum absolute atomic E-state index is 11.5. The molecule has 2 aromatic heterocycles. The van der Waals surface area contributed by atoms with Crippen LogP contribution in [0.4, 0.5) is 5.82 Å². The Balaban J connectivity index is 1.37. The highest BCUT2D eigenvalue weighted by Gasteiger charge is 2.23. The standard InChI is InChI=1S/C27H31N7O/c1-18(2)34-26(21-10-8-20(9-11-21)24(28)35)32-23-25(29-17-30-27(23)34)31-22-12-14-33(15-13-22)16-19-6-4-3-5-7-19/h3-11,17-18,22H,12-16H2,1-2H3,(H2,28,35)(H,29,30,31). The summed E-state index contributed by atoms with van der Waals surface area (Å²) in [4.78, 5) is 28.1. The van der Waals surface area contributed by atoms with Crippen molar-refractivity contribution in [2.75, 3.05) is 18.4 Å². The van der Waals surface area contributed by atoms with E-state index in [2.05, 4.69) is 68.9 Å². The summed E-state index contributed by atoms with van der Waals surface area (Å²) < 4.78 is 2.12. The number of amides is 1. The Labute approximate surface area is 205 Å². The van der Waals surface area contributed by atoms with Gasteiger partial charge in [0.15, 0.2) is 17.0 Å². The minimum absolute atomic E-state index is 0.148. The Morgan fingerprint density at radius 2 is 1.77 bits per heavy atom. The van der Waals surface area contributed by atoms with Crippen LogP contribution in [0.1, 0.15) is 48.7 Å². The third kappa shape index (κ3) is 4.88. The Kier molecular flexibility index (Phi) is 6.46. The zero-order chi connectivity index (χ0) is 24.4. The molecule has 3 N–H and O–H groups in total. The largest absolute Gasteiger partial charge is 0.366 e. The van der Waals surface area contributed by atoms with E-state index in [9.17, 15) is 4.79 Å². The number of piperidine rings is 1. The first-order chi connectivity index (χ1) is 17.0. The minimum atomic E-state index is -0.443. The van der Waals surface area contributed by atoms with Crippen molar-refractivity contribution in [3.63, 3.8) is 0 Å². The van der Waals surface area contributed by atoms with Crippen LogP contribution in [0.2, 0.25) is 0 Å². The highest BCUT2D eigenvalue weighted by molar-refractivity contribution is 5.93. The van der Waals surface area contributed by atoms with Gasteiger partial charge in [-0.25, -0.2) is 15.0 Å². The molecule has 1 saturated heterocycles. The first kappa shape index (κ1) is 23.0. The lowest BCUT2D eigenvalue weighted by Crippen LogP contribution is -2.38. The lowest BCUT2D eigenvalue weighted by atomic mass is 10.0. The number of nitrogens with zero attached hydrogens (tertiary/aromatic N) is 5. The number of carbonyl (C=O) groups is 1. The average molecular weight is 470 g/mol. The number of hydrogen-bond acceptors (Lipinski definition) is 6. The zero-order valence-corrected chi connectivity index (χ0v) is 20.2. The van der Waals surface area contributed by atoms with Gasteiger partial charge in [0, 0.05) is 42.8 Å². The molecule has 1 aliphatic heterocycles. The molecule has 2 aromatic carbocycles. The molecule has 0 saturated carbocycles. The second kappa shape index (κ2) is 9.84. The fourth-order valence-corrected chi connectivity index (χ4v) is 4.76. The van der Waals surface area contributed by atoms with Crippen molar-refractivity contribution < 1.29 is 4.79 Å². The fraction of sp³-hybridized carbons (Fsp3) is 0.333. The number of carbonyl (C=O) groups excluding carboxylic acids is 1. The SMILES string of the molecule is CC(C)n1c(-c2ccc(C(N)=O)cc2)nc2c(NC3CCN(Cc4ccccc4)CC3)ncnc21. The molecule has 1 aliphatic rings. The van der Waals surface area contributed by atoms with E-state index < -0.39 is 5.91 Å². The quantitative estimate of drug-likeness (QED) is 0.420. The first-order valence-corrected chi connectivity index (χ1v) is 12.2. The van der Waals surface area contributed by atoms with E-state index in [4.69, 9.17) is 10.7 Å². The molecule has 1 amide bonds. The molecule has 8 nitrogen and oxygen atoms in total. The lowest BCUT2D eigenvalue weighted by molar-refractivity contribution is 0.100. The summed E-state index contributed by atoms with van der Waals surface area (Å²) >= 11 is 0. The van der Waals surface area contributed by atoms with Crippen molar-refractivity contribution in [1.29, 1.82) is 0 Å². The van der Waals surface area contributed by atoms with Gasteiger partial charge in [0.25, 0.3) is 0 Å². The smallest absolute Gasteiger partial charge is 0.248 e. The van der Waals surface area contributed by atoms with Crippen molar-refractivity contribution in [2.45, 2.75) is 45.3 Å². The molecule has 0 bridgehead atoms. The molecule has 0 radical (unpaired) electrons. The zero-order valence-electron chi connectivity index (χ0n) is 20.2. The number of nitrogens with two attached hydrogens (primary N) is 1. The van der Waals surface area contributed by atoms with Gasteiger partial charge in [-0.15, -0.1) is 0 Å². The van der Waals surface area contributed by atoms with Gasteiger partial charge in [-0.2, -0.15) is 0 Å². The van der Waals surface area contributed by atoms with Crippen molar-refractivity contribution in [1.82, 2.24) is 24.4 Å². The predicted molar refractivity (Wildman–Crippen MR) is 138 cm³/mol. The highest BCUT2D eigenvalue weighted by atomic mass is 16.1. The molecular weight excluding hydrogens is 438 g/mol. The van der Waals surface area contributed by atoms with E-state index in [0.29, 0.717) is 11.6 Å². The maximum Gasteiger partial charge on any atom is 0.248 e. The predicted octanol–water partition coefficient (Wildman–Crippen LogP) is 4.25. The summed E-state index contributed by atoms with van der Waals surface area (Å²) in [6.45, 7) is 7.29. The van der Waals surface area contributed by atoms with Crippen LogP contribution in [0.3, 0.4) is 0 Å². The minimum Gasteiger partial charge on any atom is -0.366 e. The summed E-state index contributed by atoms with van der Waals surface area (Å²) in [7, 11) is 0. The van der Waals surface area contributed by atoms with Crippen LogP contribution < -0.4 is 11.1 Å². The van der Waals surface area contributed by atoms with Crippen LogP contribution in [-0.4, -0.2) is 49.5 Å². The summed E-state index contributed by atoms with van der Waals surface area (Å²) in [5.74, 6) is 1.12. The maximum atomic E-state index is 11.5. The third-order valence-electron chi connectivity index (χ3n) is 6.60. The second-order valence-electron chi connectivity index (χ2n) is 9.42. The second-order valence-corrected chi connectivity index (χ2v) is 9.42. The third-order valence-corrected chi connectivity index (χ3v) is 6.60.